The van der Waals surface area contributed by atoms with Crippen molar-refractivity contribution in [2.75, 3.05) is 30.0 Å². The summed E-state index contributed by atoms with van der Waals surface area (Å²) in [7, 11) is 0. The second-order valence-electron chi connectivity index (χ2n) is 7.88. The monoisotopic (exact) mass is 424 g/mol. The van der Waals surface area contributed by atoms with Gasteiger partial charge in [0.05, 0.1) is 17.6 Å². The Bertz CT molecular complexity index is 1170. The van der Waals surface area contributed by atoms with Crippen LogP contribution in [0.5, 0.6) is 0 Å². The molecule has 2 aromatic carbocycles. The molecule has 8 heteroatoms. The van der Waals surface area contributed by atoms with E-state index in [1.54, 1.807) is 11.0 Å². The first-order valence-electron chi connectivity index (χ1n) is 9.92. The lowest BCUT2D eigenvalue weighted by Gasteiger charge is -2.28. The molecule has 0 atom stereocenters. The summed E-state index contributed by atoms with van der Waals surface area (Å²) in [6, 6.07) is 11.0. The van der Waals surface area contributed by atoms with Crippen molar-refractivity contribution < 1.29 is 14.3 Å². The minimum atomic E-state index is -0.641. The van der Waals surface area contributed by atoms with Crippen LogP contribution in [0.4, 0.5) is 11.4 Å². The number of aryl methyl sites for hydroxylation is 1. The molecule has 0 spiro atoms. The third-order valence-electron chi connectivity index (χ3n) is 5.81. The maximum atomic E-state index is 13.1. The number of nitrogens with one attached hydrogen (secondary N) is 2. The van der Waals surface area contributed by atoms with Gasteiger partial charge >= 0.3 is 0 Å². The van der Waals surface area contributed by atoms with E-state index in [-0.39, 0.29) is 18.4 Å². The number of rotatable bonds is 4. The van der Waals surface area contributed by atoms with E-state index in [1.807, 2.05) is 37.3 Å². The number of benzene rings is 2. The van der Waals surface area contributed by atoms with Gasteiger partial charge < -0.3 is 19.9 Å². The fourth-order valence-corrected chi connectivity index (χ4v) is 4.14. The molecule has 1 aromatic heterocycles. The van der Waals surface area contributed by atoms with Crippen molar-refractivity contribution in [3.05, 3.63) is 52.8 Å². The van der Waals surface area contributed by atoms with Gasteiger partial charge in [-0.3, -0.25) is 9.59 Å². The van der Waals surface area contributed by atoms with Crippen molar-refractivity contribution >= 4 is 45.8 Å². The number of hydrogen-bond acceptors (Lipinski definition) is 4. The Hall–Kier alpha value is -2.90. The molecular formula is C22H21ClN4O3. The number of aromatic amines is 1. The summed E-state index contributed by atoms with van der Waals surface area (Å²) in [5.41, 5.74) is 3.45. The molecule has 1 saturated heterocycles. The highest BCUT2D eigenvalue weighted by Crippen LogP contribution is 2.48. The van der Waals surface area contributed by atoms with Gasteiger partial charge in [-0.25, -0.2) is 4.98 Å². The molecule has 0 bridgehead atoms. The molecule has 1 saturated carbocycles. The molecule has 1 aliphatic heterocycles. The molecule has 5 rings (SSSR count). The second-order valence-corrected chi connectivity index (χ2v) is 8.32. The van der Waals surface area contributed by atoms with Crippen molar-refractivity contribution in [2.45, 2.75) is 25.2 Å². The molecular weight excluding hydrogens is 404 g/mol. The summed E-state index contributed by atoms with van der Waals surface area (Å²) in [6.45, 7) is 3.09. The third kappa shape index (κ3) is 3.24. The SMILES string of the molecule is Cc1cc(NC(=O)C2(c3nc4ccc(Cl)cc4[nH]3)CC2)ccc1N1CCOCC1=O. The van der Waals surface area contributed by atoms with Crippen LogP contribution in [0.1, 0.15) is 24.2 Å². The van der Waals surface area contributed by atoms with Crippen molar-refractivity contribution in [1.82, 2.24) is 9.97 Å². The third-order valence-corrected chi connectivity index (χ3v) is 6.05. The van der Waals surface area contributed by atoms with Crippen LogP contribution in [0, 0.1) is 6.92 Å². The summed E-state index contributed by atoms with van der Waals surface area (Å²) in [6.07, 6.45) is 1.48. The van der Waals surface area contributed by atoms with E-state index in [0.717, 1.165) is 35.1 Å². The zero-order valence-corrected chi connectivity index (χ0v) is 17.3. The number of H-pyrrole nitrogens is 1. The van der Waals surface area contributed by atoms with Crippen LogP contribution in [-0.4, -0.2) is 41.5 Å². The Morgan fingerprint density at radius 3 is 2.83 bits per heavy atom. The van der Waals surface area contributed by atoms with Crippen LogP contribution in [0.25, 0.3) is 11.0 Å². The maximum Gasteiger partial charge on any atom is 0.253 e. The summed E-state index contributed by atoms with van der Waals surface area (Å²) in [5.74, 6) is 0.537. The number of aromatic nitrogens is 2. The van der Waals surface area contributed by atoms with Gasteiger partial charge in [0.15, 0.2) is 0 Å². The number of imidazole rings is 1. The van der Waals surface area contributed by atoms with E-state index in [2.05, 4.69) is 15.3 Å². The number of carbonyl (C=O) groups is 2. The van der Waals surface area contributed by atoms with Crippen LogP contribution >= 0.6 is 11.6 Å². The second kappa shape index (κ2) is 7.11. The predicted octanol–water partition coefficient (Wildman–Crippen LogP) is 3.56. The largest absolute Gasteiger partial charge is 0.370 e. The van der Waals surface area contributed by atoms with Crippen molar-refractivity contribution in [3.8, 4) is 0 Å². The zero-order chi connectivity index (χ0) is 20.9. The number of carbonyl (C=O) groups excluding carboxylic acids is 2. The van der Waals surface area contributed by atoms with E-state index in [1.165, 1.54) is 0 Å². The predicted molar refractivity (Wildman–Crippen MR) is 115 cm³/mol. The number of amides is 2. The fraction of sp³-hybridized carbons (Fsp3) is 0.318. The first-order valence-corrected chi connectivity index (χ1v) is 10.3. The smallest absolute Gasteiger partial charge is 0.253 e. The van der Waals surface area contributed by atoms with Gasteiger partial charge in [0, 0.05) is 22.9 Å². The number of fused-ring (bicyclic) bond motifs is 1. The Morgan fingerprint density at radius 2 is 2.10 bits per heavy atom. The highest BCUT2D eigenvalue weighted by atomic mass is 35.5. The molecule has 2 heterocycles. The molecule has 2 N–H and O–H groups in total. The van der Waals surface area contributed by atoms with Crippen LogP contribution < -0.4 is 10.2 Å². The summed E-state index contributed by atoms with van der Waals surface area (Å²) < 4.78 is 5.20. The summed E-state index contributed by atoms with van der Waals surface area (Å²) in [5, 5.41) is 3.65. The van der Waals surface area contributed by atoms with Crippen LogP contribution in [0.3, 0.4) is 0 Å². The molecule has 7 nitrogen and oxygen atoms in total. The molecule has 2 amide bonds. The summed E-state index contributed by atoms with van der Waals surface area (Å²) >= 11 is 6.06. The van der Waals surface area contributed by atoms with E-state index >= 15 is 0 Å². The van der Waals surface area contributed by atoms with Gasteiger partial charge in [0.1, 0.15) is 17.8 Å². The fourth-order valence-electron chi connectivity index (χ4n) is 3.96. The molecule has 154 valence electrons. The highest BCUT2D eigenvalue weighted by Gasteiger charge is 2.54. The van der Waals surface area contributed by atoms with Gasteiger partial charge in [0.2, 0.25) is 5.91 Å². The topological polar surface area (TPSA) is 87.3 Å². The van der Waals surface area contributed by atoms with E-state index in [9.17, 15) is 9.59 Å². The van der Waals surface area contributed by atoms with E-state index < -0.39 is 5.41 Å². The lowest BCUT2D eigenvalue weighted by Crippen LogP contribution is -2.42. The molecule has 2 fully saturated rings. The average molecular weight is 425 g/mol. The number of halogens is 1. The maximum absolute atomic E-state index is 13.1. The average Bonchev–Trinajstić information content (AvgIpc) is 3.43. The van der Waals surface area contributed by atoms with Crippen LogP contribution in [-0.2, 0) is 19.7 Å². The molecule has 0 radical (unpaired) electrons. The van der Waals surface area contributed by atoms with Gasteiger partial charge in [0.25, 0.3) is 5.91 Å². The highest BCUT2D eigenvalue weighted by molar-refractivity contribution is 6.31. The number of hydrogen-bond donors (Lipinski definition) is 2. The normalized spacial score (nSPS) is 17.9. The minimum Gasteiger partial charge on any atom is -0.370 e. The zero-order valence-electron chi connectivity index (χ0n) is 16.5. The van der Waals surface area contributed by atoms with Gasteiger partial charge in [-0.2, -0.15) is 0 Å². The molecule has 3 aromatic rings. The number of anilines is 2. The first-order chi connectivity index (χ1) is 14.5. The van der Waals surface area contributed by atoms with Crippen molar-refractivity contribution in [2.24, 2.45) is 0 Å². The Kier molecular flexibility index (Phi) is 4.52. The Labute approximate surface area is 178 Å². The van der Waals surface area contributed by atoms with Crippen LogP contribution in [0.15, 0.2) is 36.4 Å². The van der Waals surface area contributed by atoms with Gasteiger partial charge in [-0.15, -0.1) is 0 Å². The number of nitrogens with zero attached hydrogens (tertiary/aromatic N) is 2. The van der Waals surface area contributed by atoms with Crippen molar-refractivity contribution in [1.29, 1.82) is 0 Å². The first kappa shape index (κ1) is 19.1. The van der Waals surface area contributed by atoms with Crippen molar-refractivity contribution in [3.63, 3.8) is 0 Å². The minimum absolute atomic E-state index is 0.0527. The molecule has 30 heavy (non-hydrogen) atoms. The molecule has 2 aliphatic rings. The summed E-state index contributed by atoms with van der Waals surface area (Å²) in [4.78, 5) is 34.8. The van der Waals surface area contributed by atoms with Crippen LogP contribution in [0.2, 0.25) is 5.02 Å². The standard InChI is InChI=1S/C22H21ClN4O3/c1-13-10-15(3-5-18(13)27-8-9-30-12-19(27)28)24-21(29)22(6-7-22)20-25-16-4-2-14(23)11-17(16)26-20/h2-5,10-11H,6-9,12H2,1H3,(H,24,29)(H,25,26). The van der Waals surface area contributed by atoms with Gasteiger partial charge in [-0.1, -0.05) is 11.6 Å². The quantitative estimate of drug-likeness (QED) is 0.670. The lowest BCUT2D eigenvalue weighted by atomic mass is 10.0. The Morgan fingerprint density at radius 1 is 1.27 bits per heavy atom. The van der Waals surface area contributed by atoms with E-state index in [0.29, 0.717) is 29.7 Å². The Balaban J connectivity index is 1.37. The number of ether oxygens (including phenoxy) is 1. The molecule has 0 unspecified atom stereocenters. The lowest BCUT2D eigenvalue weighted by molar-refractivity contribution is -0.125. The molecule has 1 aliphatic carbocycles. The number of morpholine rings is 1. The van der Waals surface area contributed by atoms with E-state index in [4.69, 9.17) is 16.3 Å². The van der Waals surface area contributed by atoms with Gasteiger partial charge in [-0.05, 0) is 61.7 Å².